The molecule has 25 heavy (non-hydrogen) atoms. The Morgan fingerprint density at radius 2 is 1.96 bits per heavy atom. The number of rotatable bonds is 6. The largest absolute Gasteiger partial charge is 0.493 e. The summed E-state index contributed by atoms with van der Waals surface area (Å²) in [7, 11) is 0. The molecule has 2 fully saturated rings. The van der Waals surface area contributed by atoms with Crippen LogP contribution in [0.2, 0.25) is 0 Å². The van der Waals surface area contributed by atoms with Gasteiger partial charge in [0.25, 0.3) is 0 Å². The van der Waals surface area contributed by atoms with Crippen LogP contribution in [0.5, 0.6) is 5.75 Å². The van der Waals surface area contributed by atoms with Gasteiger partial charge >= 0.3 is 0 Å². The van der Waals surface area contributed by atoms with Gasteiger partial charge in [-0.1, -0.05) is 6.92 Å². The number of hydrogen-bond acceptors (Lipinski definition) is 5. The van der Waals surface area contributed by atoms with Gasteiger partial charge in [-0.3, -0.25) is 0 Å². The van der Waals surface area contributed by atoms with Crippen LogP contribution in [-0.4, -0.2) is 40.6 Å². The van der Waals surface area contributed by atoms with E-state index in [2.05, 4.69) is 16.4 Å². The van der Waals surface area contributed by atoms with Crippen LogP contribution in [0.4, 0.5) is 5.82 Å². The summed E-state index contributed by atoms with van der Waals surface area (Å²) in [5.74, 6) is 2.55. The van der Waals surface area contributed by atoms with E-state index in [9.17, 15) is 10.2 Å². The molecular weight excluding hydrogens is 316 g/mol. The standard InChI is InChI=1S/C20H26N2O3/c1-12-8-15(20(24)19(12)23)11-25-16-6-4-14-5-7-18(22-17(14)9-16)21-10-13-2-3-13/h4-7,9,12-13,15,19-20,23-24H,2-3,8,10-11H2,1H3,(H,21,22)/t12-,15-,19+,20-/m1/s1. The molecule has 4 rings (SSSR count). The van der Waals surface area contributed by atoms with Crippen LogP contribution >= 0.6 is 0 Å². The van der Waals surface area contributed by atoms with Crippen LogP contribution in [-0.2, 0) is 0 Å². The van der Waals surface area contributed by atoms with Crippen molar-refractivity contribution in [3.8, 4) is 5.75 Å². The maximum Gasteiger partial charge on any atom is 0.126 e. The van der Waals surface area contributed by atoms with Gasteiger partial charge in [0.1, 0.15) is 11.6 Å². The minimum absolute atomic E-state index is 0.0276. The van der Waals surface area contributed by atoms with Crippen LogP contribution in [0.1, 0.15) is 26.2 Å². The fourth-order valence-electron chi connectivity index (χ4n) is 3.60. The summed E-state index contributed by atoms with van der Waals surface area (Å²) in [6.07, 6.45) is 2.07. The molecule has 1 aromatic carbocycles. The predicted octanol–water partition coefficient (Wildman–Crippen LogP) is 2.81. The Labute approximate surface area is 148 Å². The second kappa shape index (κ2) is 6.81. The zero-order valence-electron chi connectivity index (χ0n) is 14.6. The van der Waals surface area contributed by atoms with E-state index in [4.69, 9.17) is 4.74 Å². The first-order valence-electron chi connectivity index (χ1n) is 9.24. The molecule has 2 aliphatic rings. The van der Waals surface area contributed by atoms with Crippen molar-refractivity contribution in [2.75, 3.05) is 18.5 Å². The number of nitrogens with one attached hydrogen (secondary N) is 1. The molecular formula is C20H26N2O3. The van der Waals surface area contributed by atoms with Crippen LogP contribution in [0.15, 0.2) is 30.3 Å². The quantitative estimate of drug-likeness (QED) is 0.753. The first-order chi connectivity index (χ1) is 12.1. The van der Waals surface area contributed by atoms with E-state index >= 15 is 0 Å². The number of aromatic nitrogens is 1. The highest BCUT2D eigenvalue weighted by molar-refractivity contribution is 5.81. The number of anilines is 1. The molecule has 1 aromatic heterocycles. The fraction of sp³-hybridized carbons (Fsp3) is 0.550. The lowest BCUT2D eigenvalue weighted by Crippen LogP contribution is -2.30. The molecule has 4 atom stereocenters. The molecule has 0 bridgehead atoms. The van der Waals surface area contributed by atoms with Gasteiger partial charge in [0.2, 0.25) is 0 Å². The number of nitrogens with zero attached hydrogens (tertiary/aromatic N) is 1. The summed E-state index contributed by atoms with van der Waals surface area (Å²) < 4.78 is 5.88. The number of fused-ring (bicyclic) bond motifs is 1. The highest BCUT2D eigenvalue weighted by atomic mass is 16.5. The second-order valence-corrected chi connectivity index (χ2v) is 7.64. The molecule has 134 valence electrons. The number of aliphatic hydroxyl groups is 2. The maximum absolute atomic E-state index is 10.1. The average molecular weight is 342 g/mol. The molecule has 0 unspecified atom stereocenters. The summed E-state index contributed by atoms with van der Waals surface area (Å²) >= 11 is 0. The third kappa shape index (κ3) is 3.72. The lowest BCUT2D eigenvalue weighted by Gasteiger charge is -2.17. The molecule has 5 nitrogen and oxygen atoms in total. The molecule has 2 saturated carbocycles. The number of aliphatic hydroxyl groups excluding tert-OH is 2. The number of benzene rings is 1. The van der Waals surface area contributed by atoms with Crippen LogP contribution < -0.4 is 10.1 Å². The smallest absolute Gasteiger partial charge is 0.126 e. The zero-order valence-corrected chi connectivity index (χ0v) is 14.6. The minimum atomic E-state index is -0.702. The Morgan fingerprint density at radius 1 is 1.16 bits per heavy atom. The molecule has 0 amide bonds. The molecule has 0 saturated heterocycles. The Bertz CT molecular complexity index is 747. The highest BCUT2D eigenvalue weighted by Gasteiger charge is 2.39. The van der Waals surface area contributed by atoms with Crippen molar-refractivity contribution in [2.24, 2.45) is 17.8 Å². The molecule has 0 radical (unpaired) electrons. The van der Waals surface area contributed by atoms with Gasteiger partial charge < -0.3 is 20.3 Å². The van der Waals surface area contributed by atoms with Gasteiger partial charge in [-0.05, 0) is 55.4 Å². The summed E-state index contributed by atoms with van der Waals surface area (Å²) in [5.41, 5.74) is 0.902. The highest BCUT2D eigenvalue weighted by Crippen LogP contribution is 2.32. The maximum atomic E-state index is 10.1. The Hall–Kier alpha value is -1.85. The Kier molecular flexibility index (Phi) is 4.52. The molecule has 5 heteroatoms. The van der Waals surface area contributed by atoms with Gasteiger partial charge in [-0.15, -0.1) is 0 Å². The van der Waals surface area contributed by atoms with Crippen molar-refractivity contribution in [2.45, 2.75) is 38.4 Å². The number of pyridine rings is 1. The monoisotopic (exact) mass is 342 g/mol. The minimum Gasteiger partial charge on any atom is -0.493 e. The van der Waals surface area contributed by atoms with E-state index in [1.54, 1.807) is 0 Å². The zero-order chi connectivity index (χ0) is 17.4. The van der Waals surface area contributed by atoms with E-state index in [-0.39, 0.29) is 11.8 Å². The normalized spacial score (nSPS) is 29.1. The summed E-state index contributed by atoms with van der Waals surface area (Å²) in [6.45, 7) is 3.37. The predicted molar refractivity (Wildman–Crippen MR) is 97.7 cm³/mol. The Balaban J connectivity index is 1.42. The van der Waals surface area contributed by atoms with Gasteiger partial charge in [0.05, 0.1) is 24.3 Å². The van der Waals surface area contributed by atoms with E-state index in [0.29, 0.717) is 6.61 Å². The summed E-state index contributed by atoms with van der Waals surface area (Å²) in [6, 6.07) is 9.97. The average Bonchev–Trinajstić information content (AvgIpc) is 3.42. The van der Waals surface area contributed by atoms with Crippen molar-refractivity contribution >= 4 is 16.7 Å². The van der Waals surface area contributed by atoms with Gasteiger partial charge in [-0.2, -0.15) is 0 Å². The van der Waals surface area contributed by atoms with Gasteiger partial charge in [0.15, 0.2) is 0 Å². The molecule has 0 spiro atoms. The fourth-order valence-corrected chi connectivity index (χ4v) is 3.60. The van der Waals surface area contributed by atoms with Crippen molar-refractivity contribution in [3.05, 3.63) is 30.3 Å². The molecule has 3 N–H and O–H groups in total. The summed E-state index contributed by atoms with van der Waals surface area (Å²) in [4.78, 5) is 4.67. The van der Waals surface area contributed by atoms with Gasteiger partial charge in [0, 0.05) is 23.9 Å². The van der Waals surface area contributed by atoms with Crippen molar-refractivity contribution in [1.82, 2.24) is 4.98 Å². The van der Waals surface area contributed by atoms with Gasteiger partial charge in [-0.25, -0.2) is 4.98 Å². The number of hydrogen-bond donors (Lipinski definition) is 3. The molecule has 2 aliphatic carbocycles. The SMILES string of the molecule is C[C@@H]1C[C@H](COc2ccc3ccc(NCC4CC4)nc3c2)[C@@H](O)[C@H]1O. The molecule has 1 heterocycles. The van der Waals surface area contributed by atoms with E-state index in [0.717, 1.165) is 41.4 Å². The second-order valence-electron chi connectivity index (χ2n) is 7.64. The first kappa shape index (κ1) is 16.6. The van der Waals surface area contributed by atoms with Crippen molar-refractivity contribution < 1.29 is 14.9 Å². The van der Waals surface area contributed by atoms with E-state index < -0.39 is 12.2 Å². The lowest BCUT2D eigenvalue weighted by molar-refractivity contribution is -0.00141. The topological polar surface area (TPSA) is 74.6 Å². The third-order valence-corrected chi connectivity index (χ3v) is 5.49. The van der Waals surface area contributed by atoms with Crippen molar-refractivity contribution in [3.63, 3.8) is 0 Å². The summed E-state index contributed by atoms with van der Waals surface area (Å²) in [5, 5.41) is 24.4. The Morgan fingerprint density at radius 3 is 2.68 bits per heavy atom. The van der Waals surface area contributed by atoms with Crippen LogP contribution in [0, 0.1) is 17.8 Å². The lowest BCUT2D eigenvalue weighted by atomic mass is 10.1. The first-order valence-corrected chi connectivity index (χ1v) is 9.24. The van der Waals surface area contributed by atoms with Crippen LogP contribution in [0.25, 0.3) is 10.9 Å². The third-order valence-electron chi connectivity index (χ3n) is 5.49. The van der Waals surface area contributed by atoms with E-state index in [1.807, 2.05) is 31.2 Å². The molecule has 0 aliphatic heterocycles. The van der Waals surface area contributed by atoms with E-state index in [1.165, 1.54) is 12.8 Å². The van der Waals surface area contributed by atoms with Crippen LogP contribution in [0.3, 0.4) is 0 Å². The molecule has 2 aromatic rings. The van der Waals surface area contributed by atoms with Crippen molar-refractivity contribution in [1.29, 1.82) is 0 Å². The number of ether oxygens (including phenoxy) is 1.